The van der Waals surface area contributed by atoms with E-state index in [0.717, 1.165) is 54.6 Å². The summed E-state index contributed by atoms with van der Waals surface area (Å²) >= 11 is 1.50. The SMILES string of the molecule is C[C@@H]1CNc2c(sc3ccc4nc(-c5ccc(C#CCCNC(=O)COCCOCCOCCOCCc6cccc7c6n(C)c(=O)n7C6CCC(=O)NC6=O)cc5)ccc4c23)C(=O)N1. The number of benzene rings is 3. The van der Waals surface area contributed by atoms with Gasteiger partial charge in [-0.25, -0.2) is 9.78 Å². The highest BCUT2D eigenvalue weighted by Gasteiger charge is 2.32. The number of imide groups is 1. The van der Waals surface area contributed by atoms with Gasteiger partial charge in [0.05, 0.1) is 74.2 Å². The average Bonchev–Trinajstić information content (AvgIpc) is 3.76. The number of nitrogens with zero attached hydrogens (tertiary/aromatic N) is 3. The summed E-state index contributed by atoms with van der Waals surface area (Å²) in [4.78, 5) is 67.9. The van der Waals surface area contributed by atoms with Crippen molar-refractivity contribution in [2.24, 2.45) is 7.05 Å². The largest absolute Gasteiger partial charge is 0.381 e. The van der Waals surface area contributed by atoms with Crippen molar-refractivity contribution >= 4 is 72.7 Å². The highest BCUT2D eigenvalue weighted by molar-refractivity contribution is 7.21. The maximum absolute atomic E-state index is 13.1. The molecule has 0 aliphatic carbocycles. The Morgan fingerprint density at radius 2 is 1.66 bits per heavy atom. The van der Waals surface area contributed by atoms with Gasteiger partial charge in [0.1, 0.15) is 17.5 Å². The van der Waals surface area contributed by atoms with Gasteiger partial charge in [-0.1, -0.05) is 36.1 Å². The number of rotatable bonds is 18. The molecule has 5 heterocycles. The van der Waals surface area contributed by atoms with Crippen LogP contribution in [0.4, 0.5) is 5.69 Å². The first kappa shape index (κ1) is 45.2. The zero-order chi connectivity index (χ0) is 45.3. The Balaban J connectivity index is 0.664. The van der Waals surface area contributed by atoms with Crippen LogP contribution in [0.25, 0.3) is 43.3 Å². The van der Waals surface area contributed by atoms with Crippen molar-refractivity contribution in [3.8, 4) is 23.1 Å². The van der Waals surface area contributed by atoms with Crippen LogP contribution in [0.15, 0.2) is 71.5 Å². The van der Waals surface area contributed by atoms with E-state index in [2.05, 4.69) is 39.2 Å². The molecule has 2 aliphatic heterocycles. The van der Waals surface area contributed by atoms with Crippen molar-refractivity contribution in [1.29, 1.82) is 0 Å². The number of fused-ring (bicyclic) bond motifs is 6. The number of imidazole rings is 1. The van der Waals surface area contributed by atoms with Gasteiger partial charge in [0, 0.05) is 65.6 Å². The van der Waals surface area contributed by atoms with Crippen molar-refractivity contribution in [2.45, 2.75) is 44.7 Å². The highest BCUT2D eigenvalue weighted by Crippen LogP contribution is 2.41. The lowest BCUT2D eigenvalue weighted by Crippen LogP contribution is -2.44. The minimum Gasteiger partial charge on any atom is -0.381 e. The molecule has 0 bridgehead atoms. The van der Waals surface area contributed by atoms with E-state index in [4.69, 9.17) is 23.9 Å². The third-order valence-electron chi connectivity index (χ3n) is 11.2. The van der Waals surface area contributed by atoms with Crippen molar-refractivity contribution in [3.05, 3.63) is 93.2 Å². The van der Waals surface area contributed by atoms with Crippen LogP contribution in [0, 0.1) is 11.8 Å². The van der Waals surface area contributed by atoms with Gasteiger partial charge in [-0.05, 0) is 67.8 Å². The first-order chi connectivity index (χ1) is 31.7. The number of aromatic nitrogens is 3. The molecular weight excluding hydrogens is 851 g/mol. The van der Waals surface area contributed by atoms with Gasteiger partial charge < -0.3 is 34.9 Å². The molecule has 8 rings (SSSR count). The van der Waals surface area contributed by atoms with Gasteiger partial charge in [0.2, 0.25) is 17.7 Å². The number of pyridine rings is 1. The van der Waals surface area contributed by atoms with E-state index >= 15 is 0 Å². The maximum Gasteiger partial charge on any atom is 0.329 e. The molecule has 1 saturated heterocycles. The number of piperidine rings is 1. The van der Waals surface area contributed by atoms with Crippen LogP contribution in [0.1, 0.15) is 53.0 Å². The first-order valence-electron chi connectivity index (χ1n) is 21.8. The van der Waals surface area contributed by atoms with Gasteiger partial charge in [0.15, 0.2) is 0 Å². The normalized spacial score (nSPS) is 16.1. The molecule has 1 unspecified atom stereocenters. The summed E-state index contributed by atoms with van der Waals surface area (Å²) in [6.07, 6.45) is 1.53. The van der Waals surface area contributed by atoms with Crippen LogP contribution in [0.2, 0.25) is 0 Å². The standard InChI is InChI=1S/C48H51N7O9S/c1-30-28-50-43-42-34-13-14-35(52-36(34)15-17-39(42)65-45(43)47(59)51-30)32-11-9-31(10-12-32)6-3-4-20-49-41(57)29-64-27-26-63-25-24-62-23-22-61-21-19-33-7-5-8-37-44(33)54(2)48(60)55(37)38-16-18-40(56)53-46(38)58/h5,7-15,17,30,38,50H,4,16,18-29H2,1-2H3,(H,49,57)(H,51,59)(H,53,56,58)/t30-,38?/m1/s1. The van der Waals surface area contributed by atoms with Crippen LogP contribution in [-0.2, 0) is 46.8 Å². The van der Waals surface area contributed by atoms with E-state index in [1.165, 1.54) is 15.9 Å². The van der Waals surface area contributed by atoms with Gasteiger partial charge >= 0.3 is 5.69 Å². The Hall–Kier alpha value is -6.42. The predicted octanol–water partition coefficient (Wildman–Crippen LogP) is 4.46. The fraction of sp³-hybridized carbons (Fsp3) is 0.375. The fourth-order valence-corrected chi connectivity index (χ4v) is 9.15. The van der Waals surface area contributed by atoms with Crippen molar-refractivity contribution < 1.29 is 38.1 Å². The van der Waals surface area contributed by atoms with E-state index in [1.54, 1.807) is 11.6 Å². The number of hydrogen-bond acceptors (Lipinski definition) is 12. The number of carbonyl (C=O) groups is 4. The summed E-state index contributed by atoms with van der Waals surface area (Å²) in [6, 6.07) is 21.0. The third kappa shape index (κ3) is 10.6. The second kappa shape index (κ2) is 21.0. The number of carbonyl (C=O) groups excluding carboxylic acids is 4. The van der Waals surface area contributed by atoms with Gasteiger partial charge in [-0.3, -0.25) is 33.6 Å². The van der Waals surface area contributed by atoms with Crippen LogP contribution in [0.5, 0.6) is 0 Å². The second-order valence-electron chi connectivity index (χ2n) is 15.8. The van der Waals surface area contributed by atoms with E-state index in [-0.39, 0.29) is 55.5 Å². The van der Waals surface area contributed by atoms with Crippen LogP contribution in [-0.4, -0.2) is 110 Å². The number of para-hydroxylation sites is 1. The van der Waals surface area contributed by atoms with E-state index in [0.29, 0.717) is 76.0 Å². The molecule has 338 valence electrons. The number of amides is 4. The Bertz CT molecular complexity index is 2860. The minimum absolute atomic E-state index is 0.0439. The first-order valence-corrected chi connectivity index (χ1v) is 22.6. The smallest absolute Gasteiger partial charge is 0.329 e. The number of aryl methyl sites for hydroxylation is 1. The summed E-state index contributed by atoms with van der Waals surface area (Å²) in [5.74, 6) is 5.21. The molecule has 0 radical (unpaired) electrons. The number of anilines is 1. The van der Waals surface area contributed by atoms with Crippen LogP contribution >= 0.6 is 11.3 Å². The molecule has 3 aromatic carbocycles. The molecule has 1 fully saturated rings. The number of hydrogen-bond donors (Lipinski definition) is 4. The molecule has 16 nitrogen and oxygen atoms in total. The van der Waals surface area contributed by atoms with Crippen LogP contribution < -0.4 is 27.0 Å². The molecule has 3 aromatic heterocycles. The zero-order valence-corrected chi connectivity index (χ0v) is 37.1. The molecule has 65 heavy (non-hydrogen) atoms. The zero-order valence-electron chi connectivity index (χ0n) is 36.3. The number of thiophene rings is 1. The third-order valence-corrected chi connectivity index (χ3v) is 12.4. The maximum atomic E-state index is 13.1. The molecule has 17 heteroatoms. The second-order valence-corrected chi connectivity index (χ2v) is 16.9. The summed E-state index contributed by atoms with van der Waals surface area (Å²) in [5.41, 5.74) is 6.44. The summed E-state index contributed by atoms with van der Waals surface area (Å²) in [6.45, 7) is 5.53. The topological polar surface area (TPSA) is 193 Å². The molecule has 0 saturated carbocycles. The van der Waals surface area contributed by atoms with Crippen molar-refractivity contribution in [3.63, 3.8) is 0 Å². The average molecular weight is 902 g/mol. The lowest BCUT2D eigenvalue weighted by Gasteiger charge is -2.21. The van der Waals surface area contributed by atoms with Gasteiger partial charge in [-0.2, -0.15) is 0 Å². The lowest BCUT2D eigenvalue weighted by molar-refractivity contribution is -0.135. The Morgan fingerprint density at radius 1 is 0.908 bits per heavy atom. The molecule has 2 atom stereocenters. The molecule has 6 aromatic rings. The minimum atomic E-state index is -0.729. The number of ether oxygens (including phenoxy) is 4. The van der Waals surface area contributed by atoms with E-state index in [9.17, 15) is 24.0 Å². The molecule has 4 N–H and O–H groups in total. The molecule has 0 spiro atoms. The predicted molar refractivity (Wildman–Crippen MR) is 248 cm³/mol. The quantitative estimate of drug-likeness (QED) is 0.0541. The molecule has 4 amide bonds. The fourth-order valence-electron chi connectivity index (χ4n) is 8.05. The molecular formula is C48H51N7O9S. The Kier molecular flexibility index (Phi) is 14.6. The lowest BCUT2D eigenvalue weighted by atomic mass is 10.0. The summed E-state index contributed by atoms with van der Waals surface area (Å²) in [5, 5.41) is 13.7. The van der Waals surface area contributed by atoms with Crippen LogP contribution in [0.3, 0.4) is 0 Å². The van der Waals surface area contributed by atoms with E-state index in [1.807, 2.05) is 67.6 Å². The Morgan fingerprint density at radius 3 is 2.43 bits per heavy atom. The monoisotopic (exact) mass is 901 g/mol. The Labute approximate surface area is 379 Å². The summed E-state index contributed by atoms with van der Waals surface area (Å²) < 4.78 is 26.4. The number of nitrogens with one attached hydrogen (secondary N) is 4. The van der Waals surface area contributed by atoms with Crippen molar-refractivity contribution in [2.75, 3.05) is 71.3 Å². The van der Waals surface area contributed by atoms with Gasteiger partial charge in [-0.15, -0.1) is 11.3 Å². The van der Waals surface area contributed by atoms with Gasteiger partial charge in [0.25, 0.3) is 5.91 Å². The van der Waals surface area contributed by atoms with Crippen molar-refractivity contribution in [1.82, 2.24) is 30.1 Å². The molecule has 2 aliphatic rings. The highest BCUT2D eigenvalue weighted by atomic mass is 32.1. The van der Waals surface area contributed by atoms with E-state index < -0.39 is 11.9 Å². The summed E-state index contributed by atoms with van der Waals surface area (Å²) in [7, 11) is 1.68.